The molecular weight excluding hydrogens is 205 g/mol. The van der Waals surface area contributed by atoms with Crippen LogP contribution in [0.2, 0.25) is 0 Å². The second-order valence-corrected chi connectivity index (χ2v) is 2.60. The summed E-state index contributed by atoms with van der Waals surface area (Å²) in [6.45, 7) is -1.67. The molecule has 0 saturated carbocycles. The van der Waals surface area contributed by atoms with Gasteiger partial charge in [-0.3, -0.25) is 0 Å². The van der Waals surface area contributed by atoms with Gasteiger partial charge in [0.05, 0.1) is 12.7 Å². The summed E-state index contributed by atoms with van der Waals surface area (Å²) in [5, 5.41) is 0. The van der Waals surface area contributed by atoms with Gasteiger partial charge in [-0.05, 0) is 24.6 Å². The van der Waals surface area contributed by atoms with Crippen molar-refractivity contribution in [1.82, 2.24) is 0 Å². The molecule has 1 rings (SSSR count). The van der Waals surface area contributed by atoms with Gasteiger partial charge in [0, 0.05) is 0 Å². The van der Waals surface area contributed by atoms with Crippen molar-refractivity contribution in [2.24, 2.45) is 0 Å². The van der Waals surface area contributed by atoms with Gasteiger partial charge in [-0.2, -0.15) is 13.2 Å². The maximum Gasteiger partial charge on any atom is 0.379 e. The number of rotatable bonds is 1. The van der Waals surface area contributed by atoms with Gasteiger partial charge in [-0.25, -0.2) is 0 Å². The smallest absolute Gasteiger partial charge is 0.379 e. The number of methoxy groups -OCH3 is 1. The molecule has 4 heteroatoms. The van der Waals surface area contributed by atoms with Crippen LogP contribution in [0.3, 0.4) is 0 Å². The minimum absolute atomic E-state index is 0.762. The number of aryl methyl sites for hydroxylation is 1. The first-order valence-electron chi connectivity index (χ1n) is 4.04. The van der Waals surface area contributed by atoms with Crippen LogP contribution in [0.1, 0.15) is 11.1 Å². The molecule has 0 fully saturated rings. The van der Waals surface area contributed by atoms with Crippen LogP contribution in [-0.4, -0.2) is 13.8 Å². The van der Waals surface area contributed by atoms with Gasteiger partial charge in [-0.1, -0.05) is 12.0 Å². The number of hydrogen-bond acceptors (Lipinski definition) is 1. The zero-order valence-electron chi connectivity index (χ0n) is 8.43. The molecule has 0 radical (unpaired) electrons. The molecule has 0 aliphatic heterocycles. The highest BCUT2D eigenvalue weighted by Gasteiger charge is 1.97. The second-order valence-electron chi connectivity index (χ2n) is 2.60. The third kappa shape index (κ3) is 5.63. The first-order valence-corrected chi connectivity index (χ1v) is 4.04. The Labute approximate surface area is 86.9 Å². The van der Waals surface area contributed by atoms with Gasteiger partial charge in [0.1, 0.15) is 5.75 Å². The molecule has 82 valence electrons. The quantitative estimate of drug-likeness (QED) is 0.655. The van der Waals surface area contributed by atoms with Crippen molar-refractivity contribution in [1.29, 1.82) is 0 Å². The summed E-state index contributed by atoms with van der Waals surface area (Å²) in [7, 11) is 1.62. The third-order valence-electron chi connectivity index (χ3n) is 1.51. The summed E-state index contributed by atoms with van der Waals surface area (Å²) in [5.41, 5.74) is 1.96. The summed E-state index contributed by atoms with van der Waals surface area (Å²) < 4.78 is 34.0. The Balaban J connectivity index is 0.000000423. The standard InChI is InChI=1S/C10H10O.CHF3/c1-4-9-7-8(2)5-6-10(9)11-3;2-1(3)4/h1,5-7H,2-3H3;1H. The maximum atomic E-state index is 9.67. The van der Waals surface area contributed by atoms with E-state index in [1.54, 1.807) is 7.11 Å². The first-order chi connectivity index (χ1) is 7.01. The summed E-state index contributed by atoms with van der Waals surface area (Å²) >= 11 is 0. The van der Waals surface area contributed by atoms with Crippen molar-refractivity contribution in [3.8, 4) is 18.1 Å². The predicted molar refractivity (Wildman–Crippen MR) is 52.8 cm³/mol. The fourth-order valence-electron chi connectivity index (χ4n) is 0.935. The predicted octanol–water partition coefficient (Wildman–Crippen LogP) is 3.16. The second kappa shape index (κ2) is 6.77. The van der Waals surface area contributed by atoms with Crippen LogP contribution in [-0.2, 0) is 0 Å². The number of hydrogen-bond donors (Lipinski definition) is 0. The lowest BCUT2D eigenvalue weighted by Gasteiger charge is -2.02. The summed E-state index contributed by atoms with van der Waals surface area (Å²) in [5.74, 6) is 3.32. The van der Waals surface area contributed by atoms with E-state index < -0.39 is 6.68 Å². The van der Waals surface area contributed by atoms with Crippen molar-refractivity contribution in [2.45, 2.75) is 13.6 Å². The molecule has 0 amide bonds. The molecule has 0 aromatic heterocycles. The Morgan fingerprint density at radius 2 is 1.87 bits per heavy atom. The fraction of sp³-hybridized carbons (Fsp3) is 0.273. The van der Waals surface area contributed by atoms with E-state index in [1.807, 2.05) is 25.1 Å². The Morgan fingerprint density at radius 1 is 1.33 bits per heavy atom. The number of benzene rings is 1. The molecule has 0 aliphatic carbocycles. The largest absolute Gasteiger partial charge is 0.495 e. The lowest BCUT2D eigenvalue weighted by Crippen LogP contribution is -1.87. The van der Waals surface area contributed by atoms with Gasteiger partial charge < -0.3 is 4.74 Å². The highest BCUT2D eigenvalue weighted by atomic mass is 19.4. The van der Waals surface area contributed by atoms with E-state index in [4.69, 9.17) is 11.2 Å². The lowest BCUT2D eigenvalue weighted by atomic mass is 10.1. The molecule has 0 heterocycles. The monoisotopic (exact) mass is 216 g/mol. The maximum absolute atomic E-state index is 9.67. The molecule has 0 N–H and O–H groups in total. The molecular formula is C11H11F3O. The van der Waals surface area contributed by atoms with E-state index in [0.717, 1.165) is 16.9 Å². The van der Waals surface area contributed by atoms with Crippen LogP contribution in [0.15, 0.2) is 18.2 Å². The normalized spacial score (nSPS) is 8.87. The van der Waals surface area contributed by atoms with E-state index in [2.05, 4.69) is 5.92 Å². The van der Waals surface area contributed by atoms with E-state index in [9.17, 15) is 13.2 Å². The molecule has 15 heavy (non-hydrogen) atoms. The Hall–Kier alpha value is -1.63. The number of terminal acetylenes is 1. The zero-order valence-corrected chi connectivity index (χ0v) is 8.43. The van der Waals surface area contributed by atoms with Gasteiger partial charge in [-0.15, -0.1) is 6.42 Å². The van der Waals surface area contributed by atoms with Gasteiger partial charge in [0.2, 0.25) is 0 Å². The highest BCUT2D eigenvalue weighted by Crippen LogP contribution is 2.17. The van der Waals surface area contributed by atoms with Gasteiger partial charge in [0.25, 0.3) is 0 Å². The van der Waals surface area contributed by atoms with Crippen LogP contribution >= 0.6 is 0 Å². The lowest BCUT2D eigenvalue weighted by molar-refractivity contribution is 0.00819. The third-order valence-corrected chi connectivity index (χ3v) is 1.51. The summed E-state index contributed by atoms with van der Waals surface area (Å²) in [6.07, 6.45) is 5.27. The average Bonchev–Trinajstić information content (AvgIpc) is 2.16. The minimum Gasteiger partial charge on any atom is -0.495 e. The molecule has 0 saturated heterocycles. The zero-order chi connectivity index (χ0) is 11.8. The molecule has 0 aliphatic rings. The molecule has 0 bridgehead atoms. The fourth-order valence-corrected chi connectivity index (χ4v) is 0.935. The summed E-state index contributed by atoms with van der Waals surface area (Å²) in [6, 6.07) is 5.78. The van der Waals surface area contributed by atoms with Crippen molar-refractivity contribution in [2.75, 3.05) is 7.11 Å². The number of alkyl halides is 3. The van der Waals surface area contributed by atoms with Gasteiger partial charge in [0.15, 0.2) is 0 Å². The van der Waals surface area contributed by atoms with Crippen LogP contribution < -0.4 is 4.74 Å². The van der Waals surface area contributed by atoms with Crippen molar-refractivity contribution in [3.05, 3.63) is 29.3 Å². The Morgan fingerprint density at radius 3 is 2.27 bits per heavy atom. The molecule has 1 aromatic rings. The Kier molecular flexibility index (Phi) is 6.03. The number of halogens is 3. The van der Waals surface area contributed by atoms with Crippen LogP contribution in [0.4, 0.5) is 13.2 Å². The van der Waals surface area contributed by atoms with Crippen molar-refractivity contribution >= 4 is 0 Å². The molecule has 0 atom stereocenters. The van der Waals surface area contributed by atoms with Crippen LogP contribution in [0, 0.1) is 19.3 Å². The molecule has 1 aromatic carbocycles. The SMILES string of the molecule is C#Cc1cc(C)ccc1OC.FC(F)F. The van der Waals surface area contributed by atoms with E-state index in [-0.39, 0.29) is 0 Å². The van der Waals surface area contributed by atoms with E-state index in [0.29, 0.717) is 0 Å². The molecule has 0 unspecified atom stereocenters. The molecule has 1 nitrogen and oxygen atoms in total. The molecule has 0 spiro atoms. The van der Waals surface area contributed by atoms with Crippen LogP contribution in [0.5, 0.6) is 5.75 Å². The van der Waals surface area contributed by atoms with Crippen molar-refractivity contribution in [3.63, 3.8) is 0 Å². The first kappa shape index (κ1) is 13.4. The van der Waals surface area contributed by atoms with Crippen molar-refractivity contribution < 1.29 is 17.9 Å². The Bertz CT molecular complexity index is 339. The van der Waals surface area contributed by atoms with Crippen LogP contribution in [0.25, 0.3) is 0 Å². The topological polar surface area (TPSA) is 9.23 Å². The van der Waals surface area contributed by atoms with E-state index >= 15 is 0 Å². The summed E-state index contributed by atoms with van der Waals surface area (Å²) in [4.78, 5) is 0. The number of ether oxygens (including phenoxy) is 1. The highest BCUT2D eigenvalue weighted by molar-refractivity contribution is 5.46. The minimum atomic E-state index is -3.67. The average molecular weight is 216 g/mol. The van der Waals surface area contributed by atoms with Gasteiger partial charge >= 0.3 is 6.68 Å². The van der Waals surface area contributed by atoms with E-state index in [1.165, 1.54) is 0 Å².